The summed E-state index contributed by atoms with van der Waals surface area (Å²) in [5.41, 5.74) is 3.64. The van der Waals surface area contributed by atoms with Gasteiger partial charge in [-0.2, -0.15) is 0 Å². The third-order valence-corrected chi connectivity index (χ3v) is 9.13. The molecule has 1 N–H and O–H groups in total. The standard InChI is InChI=1S/C34H32N2O6S/c1-5-41-34(38)29-20-31(42-24(29)4)26-16-18-27(19-17-26)35-33(37)21-36(30-14-8-10-22(2)23(30)3)43(39,40)32-15-9-12-25-11-6-7-13-28(25)32/h6-20H,5,21H2,1-4H3,(H,35,37). The highest BCUT2D eigenvalue weighted by Gasteiger charge is 2.30. The number of carbonyl (C=O) groups excluding carboxylic acids is 2. The van der Waals surface area contributed by atoms with Crippen LogP contribution in [0.3, 0.4) is 0 Å². The highest BCUT2D eigenvalue weighted by molar-refractivity contribution is 7.93. The maximum atomic E-state index is 14.2. The number of aryl methyl sites for hydroxylation is 2. The largest absolute Gasteiger partial charge is 0.462 e. The summed E-state index contributed by atoms with van der Waals surface area (Å²) in [7, 11) is -4.14. The lowest BCUT2D eigenvalue weighted by Crippen LogP contribution is -2.38. The van der Waals surface area contributed by atoms with Gasteiger partial charge in [0.15, 0.2) is 0 Å². The Hall–Kier alpha value is -4.89. The molecule has 220 valence electrons. The number of nitrogens with zero attached hydrogens (tertiary/aromatic N) is 1. The average Bonchev–Trinajstić information content (AvgIpc) is 3.39. The van der Waals surface area contributed by atoms with Crippen molar-refractivity contribution in [3.63, 3.8) is 0 Å². The molecule has 9 heteroatoms. The Labute approximate surface area is 251 Å². The second-order valence-corrected chi connectivity index (χ2v) is 12.0. The predicted octanol–water partition coefficient (Wildman–Crippen LogP) is 7.04. The Morgan fingerprint density at radius 3 is 2.33 bits per heavy atom. The van der Waals surface area contributed by atoms with Gasteiger partial charge in [0.25, 0.3) is 10.0 Å². The number of benzene rings is 4. The van der Waals surface area contributed by atoms with Crippen molar-refractivity contribution in [2.24, 2.45) is 0 Å². The van der Waals surface area contributed by atoms with Gasteiger partial charge in [-0.05, 0) is 86.7 Å². The molecule has 8 nitrogen and oxygen atoms in total. The molecule has 0 aliphatic rings. The number of furan rings is 1. The quantitative estimate of drug-likeness (QED) is 0.183. The van der Waals surface area contributed by atoms with E-state index in [2.05, 4.69) is 5.32 Å². The van der Waals surface area contributed by atoms with E-state index in [1.165, 1.54) is 4.31 Å². The number of nitrogens with one attached hydrogen (secondary N) is 1. The minimum absolute atomic E-state index is 0.125. The molecule has 0 unspecified atom stereocenters. The molecule has 0 aliphatic carbocycles. The maximum absolute atomic E-state index is 14.2. The topological polar surface area (TPSA) is 106 Å². The van der Waals surface area contributed by atoms with Gasteiger partial charge in [-0.25, -0.2) is 13.2 Å². The van der Waals surface area contributed by atoms with Crippen molar-refractivity contribution in [2.45, 2.75) is 32.6 Å². The Kier molecular flexibility index (Phi) is 8.36. The van der Waals surface area contributed by atoms with E-state index < -0.39 is 28.4 Å². The molecule has 4 aromatic carbocycles. The SMILES string of the molecule is CCOC(=O)c1cc(-c2ccc(NC(=O)CN(c3cccc(C)c3C)S(=O)(=O)c3cccc4ccccc34)cc2)oc1C. The fourth-order valence-corrected chi connectivity index (χ4v) is 6.63. The molecule has 0 bridgehead atoms. The number of hydrogen-bond donors (Lipinski definition) is 1. The van der Waals surface area contributed by atoms with Gasteiger partial charge in [0.2, 0.25) is 5.91 Å². The van der Waals surface area contributed by atoms with Crippen molar-refractivity contribution < 1.29 is 27.2 Å². The second-order valence-electron chi connectivity index (χ2n) is 10.1. The molecule has 5 rings (SSSR count). The van der Waals surface area contributed by atoms with E-state index >= 15 is 0 Å². The molecule has 0 fully saturated rings. The second kappa shape index (κ2) is 12.1. The first-order valence-electron chi connectivity index (χ1n) is 13.8. The van der Waals surface area contributed by atoms with E-state index in [0.29, 0.717) is 39.4 Å². The highest BCUT2D eigenvalue weighted by Crippen LogP contribution is 2.32. The summed E-state index contributed by atoms with van der Waals surface area (Å²) in [5, 5.41) is 4.18. The summed E-state index contributed by atoms with van der Waals surface area (Å²) in [5.74, 6) is -0.0212. The minimum atomic E-state index is -4.14. The molecule has 1 aromatic heterocycles. The maximum Gasteiger partial charge on any atom is 0.341 e. The molecule has 0 aliphatic heterocycles. The van der Waals surface area contributed by atoms with Crippen LogP contribution in [0.4, 0.5) is 11.4 Å². The van der Waals surface area contributed by atoms with Gasteiger partial charge in [0, 0.05) is 16.6 Å². The van der Waals surface area contributed by atoms with Gasteiger partial charge in [0.05, 0.1) is 17.2 Å². The first-order chi connectivity index (χ1) is 20.6. The predicted molar refractivity (Wildman–Crippen MR) is 168 cm³/mol. The molecule has 0 radical (unpaired) electrons. The van der Waals surface area contributed by atoms with E-state index in [0.717, 1.165) is 16.5 Å². The van der Waals surface area contributed by atoms with E-state index in [1.54, 1.807) is 80.6 Å². The molecular weight excluding hydrogens is 564 g/mol. The van der Waals surface area contributed by atoms with Crippen molar-refractivity contribution >= 4 is 44.0 Å². The number of ether oxygens (including phenoxy) is 1. The van der Waals surface area contributed by atoms with Crippen molar-refractivity contribution in [2.75, 3.05) is 22.8 Å². The van der Waals surface area contributed by atoms with E-state index in [-0.39, 0.29) is 11.5 Å². The smallest absolute Gasteiger partial charge is 0.341 e. The van der Waals surface area contributed by atoms with E-state index in [9.17, 15) is 18.0 Å². The number of carbonyl (C=O) groups is 2. The fraction of sp³-hybridized carbons (Fsp3) is 0.176. The molecule has 0 saturated heterocycles. The molecule has 1 amide bonds. The number of sulfonamides is 1. The number of anilines is 2. The van der Waals surface area contributed by atoms with Crippen molar-refractivity contribution in [3.05, 3.63) is 113 Å². The van der Waals surface area contributed by atoms with Crippen LogP contribution in [-0.4, -0.2) is 33.4 Å². The van der Waals surface area contributed by atoms with Crippen LogP contribution >= 0.6 is 0 Å². The summed E-state index contributed by atoms with van der Waals surface area (Å²) in [4.78, 5) is 25.7. The zero-order chi connectivity index (χ0) is 30.7. The van der Waals surface area contributed by atoms with Crippen molar-refractivity contribution in [1.29, 1.82) is 0 Å². The molecule has 0 spiro atoms. The van der Waals surface area contributed by atoms with Crippen LogP contribution in [0, 0.1) is 20.8 Å². The number of amides is 1. The lowest BCUT2D eigenvalue weighted by Gasteiger charge is -2.27. The van der Waals surface area contributed by atoms with Crippen LogP contribution in [0.1, 0.15) is 34.2 Å². The lowest BCUT2D eigenvalue weighted by atomic mass is 10.1. The Morgan fingerprint density at radius 1 is 0.884 bits per heavy atom. The van der Waals surface area contributed by atoms with Gasteiger partial charge in [0.1, 0.15) is 23.6 Å². The highest BCUT2D eigenvalue weighted by atomic mass is 32.2. The third kappa shape index (κ3) is 6.03. The zero-order valence-corrected chi connectivity index (χ0v) is 25.2. The van der Waals surface area contributed by atoms with Gasteiger partial charge in [-0.15, -0.1) is 0 Å². The van der Waals surface area contributed by atoms with Crippen LogP contribution in [-0.2, 0) is 19.6 Å². The molecule has 43 heavy (non-hydrogen) atoms. The number of rotatable bonds is 9. The fourth-order valence-electron chi connectivity index (χ4n) is 4.93. The molecule has 0 saturated carbocycles. The van der Waals surface area contributed by atoms with Gasteiger partial charge < -0.3 is 14.5 Å². The van der Waals surface area contributed by atoms with Gasteiger partial charge >= 0.3 is 5.97 Å². The Bertz CT molecular complexity index is 1920. The van der Waals surface area contributed by atoms with E-state index in [1.807, 2.05) is 38.1 Å². The summed E-state index contributed by atoms with van der Waals surface area (Å²) >= 11 is 0. The molecule has 5 aromatic rings. The summed E-state index contributed by atoms with van der Waals surface area (Å²) in [6.07, 6.45) is 0. The first kappa shape index (κ1) is 29.6. The molecule has 0 atom stereocenters. The normalized spacial score (nSPS) is 11.3. The van der Waals surface area contributed by atoms with Crippen LogP contribution in [0.2, 0.25) is 0 Å². The van der Waals surface area contributed by atoms with Crippen molar-refractivity contribution in [1.82, 2.24) is 0 Å². The van der Waals surface area contributed by atoms with Gasteiger partial charge in [-0.1, -0.05) is 48.5 Å². The average molecular weight is 597 g/mol. The minimum Gasteiger partial charge on any atom is -0.462 e. The van der Waals surface area contributed by atoms with E-state index in [4.69, 9.17) is 9.15 Å². The Morgan fingerprint density at radius 2 is 1.58 bits per heavy atom. The number of esters is 1. The summed E-state index contributed by atoms with van der Waals surface area (Å²) in [6, 6.07) is 26.3. The first-order valence-corrected chi connectivity index (χ1v) is 15.3. The summed E-state index contributed by atoms with van der Waals surface area (Å²) in [6.45, 7) is 7.01. The molecular formula is C34H32N2O6S. The molecule has 1 heterocycles. The number of hydrogen-bond acceptors (Lipinski definition) is 6. The van der Waals surface area contributed by atoms with Gasteiger partial charge in [-0.3, -0.25) is 9.10 Å². The van der Waals surface area contributed by atoms with Crippen molar-refractivity contribution in [3.8, 4) is 11.3 Å². The lowest BCUT2D eigenvalue weighted by molar-refractivity contribution is -0.114. The monoisotopic (exact) mass is 596 g/mol. The van der Waals surface area contributed by atoms with Crippen LogP contribution in [0.5, 0.6) is 0 Å². The van der Waals surface area contributed by atoms with Crippen LogP contribution in [0.25, 0.3) is 22.1 Å². The summed E-state index contributed by atoms with van der Waals surface area (Å²) < 4.78 is 40.4. The van der Waals surface area contributed by atoms with Crippen LogP contribution in [0.15, 0.2) is 100 Å². The zero-order valence-electron chi connectivity index (χ0n) is 24.4. The Balaban J connectivity index is 1.42. The number of fused-ring (bicyclic) bond motifs is 1. The van der Waals surface area contributed by atoms with Crippen LogP contribution < -0.4 is 9.62 Å². The third-order valence-electron chi connectivity index (χ3n) is 7.32.